The number of aromatic nitrogens is 3. The average Bonchev–Trinajstić information content (AvgIpc) is 2.59. The van der Waals surface area contributed by atoms with Crippen LogP contribution in [-0.4, -0.2) is 20.1 Å². The number of aryl methyl sites for hydroxylation is 1. The second-order valence-corrected chi connectivity index (χ2v) is 6.65. The highest BCUT2D eigenvalue weighted by atomic mass is 35.5. The van der Waals surface area contributed by atoms with E-state index >= 15 is 0 Å². The Morgan fingerprint density at radius 3 is 2.53 bits per heavy atom. The molecule has 1 heterocycles. The number of alkyl halides is 1. The summed E-state index contributed by atoms with van der Waals surface area (Å²) in [6.45, 7) is 11.8. The highest BCUT2D eigenvalue weighted by molar-refractivity contribution is 6.21. The Hall–Kier alpha value is -0.570. The molecule has 1 unspecified atom stereocenters. The maximum absolute atomic E-state index is 6.37. The van der Waals surface area contributed by atoms with Crippen molar-refractivity contribution in [3.63, 3.8) is 0 Å². The van der Waals surface area contributed by atoms with E-state index in [4.69, 9.17) is 11.6 Å². The van der Waals surface area contributed by atoms with E-state index < -0.39 is 0 Å². The van der Waals surface area contributed by atoms with E-state index in [1.807, 2.05) is 4.68 Å². The molecule has 1 aromatic rings. The number of rotatable bonds is 5. The molecule has 0 saturated heterocycles. The highest BCUT2D eigenvalue weighted by Gasteiger charge is 2.22. The van der Waals surface area contributed by atoms with E-state index in [1.54, 1.807) is 6.33 Å². The molecule has 0 amide bonds. The van der Waals surface area contributed by atoms with Gasteiger partial charge in [0.15, 0.2) is 0 Å². The third-order valence-electron chi connectivity index (χ3n) is 2.79. The summed E-state index contributed by atoms with van der Waals surface area (Å²) in [4.78, 5) is 4.32. The van der Waals surface area contributed by atoms with Crippen LogP contribution in [0.25, 0.3) is 0 Å². The van der Waals surface area contributed by atoms with Gasteiger partial charge in [-0.2, -0.15) is 5.10 Å². The fraction of sp³-hybridized carbons (Fsp3) is 0.846. The first-order valence-corrected chi connectivity index (χ1v) is 6.75. The normalized spacial score (nSPS) is 14.3. The highest BCUT2D eigenvalue weighted by Crippen LogP contribution is 2.27. The van der Waals surface area contributed by atoms with Crippen molar-refractivity contribution in [2.45, 2.75) is 59.4 Å². The van der Waals surface area contributed by atoms with Crippen LogP contribution in [0.2, 0.25) is 0 Å². The Kier molecular flexibility index (Phi) is 4.99. The molecule has 98 valence electrons. The van der Waals surface area contributed by atoms with Crippen molar-refractivity contribution in [3.05, 3.63) is 12.2 Å². The summed E-state index contributed by atoms with van der Waals surface area (Å²) in [5.41, 5.74) is 0.143. The fourth-order valence-electron chi connectivity index (χ4n) is 1.67. The quantitative estimate of drug-likeness (QED) is 0.756. The predicted molar refractivity (Wildman–Crippen MR) is 72.3 cm³/mol. The van der Waals surface area contributed by atoms with Crippen molar-refractivity contribution in [2.75, 3.05) is 0 Å². The molecule has 0 radical (unpaired) electrons. The molecule has 1 rings (SSSR count). The molecular weight excluding hydrogens is 234 g/mol. The van der Waals surface area contributed by atoms with Crippen LogP contribution >= 0.6 is 11.6 Å². The number of hydrogen-bond donors (Lipinski definition) is 0. The lowest BCUT2D eigenvalue weighted by Crippen LogP contribution is -2.22. The monoisotopic (exact) mass is 257 g/mol. The molecule has 1 atom stereocenters. The maximum atomic E-state index is 6.37. The lowest BCUT2D eigenvalue weighted by Gasteiger charge is -2.24. The van der Waals surface area contributed by atoms with Crippen LogP contribution in [0.3, 0.4) is 0 Å². The van der Waals surface area contributed by atoms with Gasteiger partial charge in [-0.3, -0.25) is 0 Å². The summed E-state index contributed by atoms with van der Waals surface area (Å²) in [5, 5.41) is 4.43. The second-order valence-electron chi connectivity index (χ2n) is 6.12. The van der Waals surface area contributed by atoms with Crippen LogP contribution in [-0.2, 0) is 13.0 Å². The van der Waals surface area contributed by atoms with Crippen LogP contribution in [0.4, 0.5) is 0 Å². The van der Waals surface area contributed by atoms with Gasteiger partial charge in [0.25, 0.3) is 0 Å². The molecule has 1 aromatic heterocycles. The largest absolute Gasteiger partial charge is 0.250 e. The smallest absolute Gasteiger partial charge is 0.138 e. The predicted octanol–water partition coefficient (Wildman–Crippen LogP) is 3.52. The van der Waals surface area contributed by atoms with Gasteiger partial charge in [-0.15, -0.1) is 11.6 Å². The Morgan fingerprint density at radius 2 is 2.00 bits per heavy atom. The molecule has 0 N–H and O–H groups in total. The van der Waals surface area contributed by atoms with Crippen LogP contribution in [0.5, 0.6) is 0 Å². The van der Waals surface area contributed by atoms with Gasteiger partial charge in [-0.25, -0.2) is 9.67 Å². The Balaban J connectivity index is 2.55. The summed E-state index contributed by atoms with van der Waals surface area (Å²) in [5.74, 6) is 1.64. The Labute approximate surface area is 110 Å². The van der Waals surface area contributed by atoms with Crippen LogP contribution in [0, 0.1) is 11.3 Å². The van der Waals surface area contributed by atoms with Gasteiger partial charge in [0, 0.05) is 18.3 Å². The van der Waals surface area contributed by atoms with Gasteiger partial charge < -0.3 is 0 Å². The Bertz CT molecular complexity index is 339. The summed E-state index contributed by atoms with van der Waals surface area (Å²) >= 11 is 6.37. The number of halogens is 1. The van der Waals surface area contributed by atoms with E-state index in [0.29, 0.717) is 5.92 Å². The van der Waals surface area contributed by atoms with Gasteiger partial charge in [-0.1, -0.05) is 34.6 Å². The minimum Gasteiger partial charge on any atom is -0.250 e. The summed E-state index contributed by atoms with van der Waals surface area (Å²) in [6, 6.07) is 0. The van der Waals surface area contributed by atoms with Crippen molar-refractivity contribution in [1.29, 1.82) is 0 Å². The molecule has 0 aromatic carbocycles. The number of nitrogens with zero attached hydrogens (tertiary/aromatic N) is 3. The van der Waals surface area contributed by atoms with E-state index in [2.05, 4.69) is 44.7 Å². The number of hydrogen-bond acceptors (Lipinski definition) is 2. The lowest BCUT2D eigenvalue weighted by atomic mass is 9.89. The molecule has 3 nitrogen and oxygen atoms in total. The molecule has 17 heavy (non-hydrogen) atoms. The summed E-state index contributed by atoms with van der Waals surface area (Å²) in [6.07, 6.45) is 3.48. The minimum atomic E-state index is 0.143. The molecule has 0 saturated carbocycles. The molecule has 0 spiro atoms. The van der Waals surface area contributed by atoms with Gasteiger partial charge in [-0.05, 0) is 17.8 Å². The van der Waals surface area contributed by atoms with Crippen molar-refractivity contribution >= 4 is 11.6 Å². The van der Waals surface area contributed by atoms with Crippen LogP contribution < -0.4 is 0 Å². The van der Waals surface area contributed by atoms with Gasteiger partial charge in [0.05, 0.1) is 0 Å². The van der Waals surface area contributed by atoms with E-state index in [0.717, 1.165) is 25.2 Å². The molecule has 0 bridgehead atoms. The molecule has 4 heteroatoms. The first kappa shape index (κ1) is 14.5. The average molecular weight is 258 g/mol. The molecule has 0 aliphatic carbocycles. The first-order valence-electron chi connectivity index (χ1n) is 6.31. The first-order chi connectivity index (χ1) is 7.80. The molecule has 0 aliphatic heterocycles. The summed E-state index contributed by atoms with van der Waals surface area (Å²) in [7, 11) is 0. The van der Waals surface area contributed by atoms with Crippen molar-refractivity contribution in [2.24, 2.45) is 11.3 Å². The fourth-order valence-corrected chi connectivity index (χ4v) is 1.78. The standard InChI is InChI=1S/C13H24ClN3/c1-10(2)8-17-12(15-9-16-17)7-6-11(14)13(3,4)5/h9-11H,6-8H2,1-5H3. The maximum Gasteiger partial charge on any atom is 0.138 e. The molecule has 0 aliphatic rings. The zero-order valence-corrected chi connectivity index (χ0v) is 12.3. The van der Waals surface area contributed by atoms with Crippen molar-refractivity contribution in [1.82, 2.24) is 14.8 Å². The van der Waals surface area contributed by atoms with Gasteiger partial charge >= 0.3 is 0 Å². The molecule has 0 fully saturated rings. The third-order valence-corrected chi connectivity index (χ3v) is 3.67. The topological polar surface area (TPSA) is 30.7 Å². The van der Waals surface area contributed by atoms with Crippen molar-refractivity contribution in [3.8, 4) is 0 Å². The zero-order valence-electron chi connectivity index (χ0n) is 11.6. The van der Waals surface area contributed by atoms with Crippen molar-refractivity contribution < 1.29 is 0 Å². The second kappa shape index (κ2) is 5.85. The minimum absolute atomic E-state index is 0.143. The van der Waals surface area contributed by atoms with Gasteiger partial charge in [0.2, 0.25) is 0 Å². The SMILES string of the molecule is CC(C)Cn1ncnc1CCC(Cl)C(C)(C)C. The van der Waals surface area contributed by atoms with Gasteiger partial charge in [0.1, 0.15) is 12.2 Å². The van der Waals surface area contributed by atoms with Crippen LogP contribution in [0.15, 0.2) is 6.33 Å². The third kappa shape index (κ3) is 4.66. The zero-order chi connectivity index (χ0) is 13.1. The van der Waals surface area contributed by atoms with E-state index in [9.17, 15) is 0 Å². The van der Waals surface area contributed by atoms with E-state index in [1.165, 1.54) is 0 Å². The van der Waals surface area contributed by atoms with E-state index in [-0.39, 0.29) is 10.8 Å². The molecular formula is C13H24ClN3. The summed E-state index contributed by atoms with van der Waals surface area (Å²) < 4.78 is 2.00. The Morgan fingerprint density at radius 1 is 1.35 bits per heavy atom. The lowest BCUT2D eigenvalue weighted by molar-refractivity contribution is 0.368. The van der Waals surface area contributed by atoms with Crippen LogP contribution in [0.1, 0.15) is 46.9 Å².